The first-order valence-electron chi connectivity index (χ1n) is 7.18. The molecule has 1 aliphatic rings. The minimum Gasteiger partial charge on any atom is -0.465 e. The number of benzene rings is 1. The second-order valence-electron chi connectivity index (χ2n) is 5.70. The highest BCUT2D eigenvalue weighted by Gasteiger charge is 2.30. The summed E-state index contributed by atoms with van der Waals surface area (Å²) in [5, 5.41) is 10.5. The normalized spacial score (nSPS) is 17.7. The molecular weight excluding hydrogens is 270 g/mol. The van der Waals surface area contributed by atoms with Gasteiger partial charge in [-0.2, -0.15) is 0 Å². The molecule has 2 rings (SSSR count). The van der Waals surface area contributed by atoms with Gasteiger partial charge in [-0.05, 0) is 24.7 Å². The van der Waals surface area contributed by atoms with Gasteiger partial charge in [0.1, 0.15) is 0 Å². The lowest BCUT2D eigenvalue weighted by molar-refractivity contribution is -0.0777. The van der Waals surface area contributed by atoms with Gasteiger partial charge in [0.15, 0.2) is 0 Å². The molecule has 1 fully saturated rings. The number of carbonyl (C=O) groups excluding carboxylic acids is 1. The molecule has 1 aliphatic heterocycles. The van der Waals surface area contributed by atoms with E-state index in [1.807, 2.05) is 25.2 Å². The molecule has 116 valence electrons. The maximum absolute atomic E-state index is 11.5. The van der Waals surface area contributed by atoms with Crippen LogP contribution >= 0.6 is 0 Å². The molecule has 0 aliphatic carbocycles. The Balaban J connectivity index is 1.96. The fourth-order valence-electron chi connectivity index (χ4n) is 2.69. The van der Waals surface area contributed by atoms with Crippen molar-refractivity contribution in [1.82, 2.24) is 4.90 Å². The molecule has 1 N–H and O–H groups in total. The van der Waals surface area contributed by atoms with Crippen molar-refractivity contribution in [2.45, 2.75) is 25.0 Å². The minimum atomic E-state index is -0.674. The van der Waals surface area contributed by atoms with Crippen LogP contribution in [0.5, 0.6) is 0 Å². The Bertz CT molecular complexity index is 483. The predicted molar refractivity (Wildman–Crippen MR) is 79.1 cm³/mol. The minimum absolute atomic E-state index is 0.331. The van der Waals surface area contributed by atoms with Crippen molar-refractivity contribution in [3.8, 4) is 0 Å². The summed E-state index contributed by atoms with van der Waals surface area (Å²) in [6, 6.07) is 7.38. The number of esters is 1. The highest BCUT2D eigenvalue weighted by molar-refractivity contribution is 5.89. The summed E-state index contributed by atoms with van der Waals surface area (Å²) in [7, 11) is 3.35. The van der Waals surface area contributed by atoms with Gasteiger partial charge in [0.2, 0.25) is 0 Å². The van der Waals surface area contributed by atoms with Crippen molar-refractivity contribution in [3.63, 3.8) is 0 Å². The lowest BCUT2D eigenvalue weighted by atomic mass is 9.94. The highest BCUT2D eigenvalue weighted by Crippen LogP contribution is 2.22. The van der Waals surface area contributed by atoms with E-state index in [-0.39, 0.29) is 5.97 Å². The number of likely N-dealkylation sites (N-methyl/N-ethyl adjacent to an activating group) is 1. The van der Waals surface area contributed by atoms with E-state index >= 15 is 0 Å². The number of ether oxygens (including phenoxy) is 2. The van der Waals surface area contributed by atoms with Crippen LogP contribution in [-0.4, -0.2) is 55.5 Å². The van der Waals surface area contributed by atoms with Crippen LogP contribution in [0.1, 0.15) is 28.8 Å². The zero-order chi connectivity index (χ0) is 15.3. The molecule has 0 spiro atoms. The maximum Gasteiger partial charge on any atom is 0.337 e. The number of hydrogen-bond acceptors (Lipinski definition) is 5. The summed E-state index contributed by atoms with van der Waals surface area (Å²) in [5.41, 5.74) is 0.900. The number of hydrogen-bond donors (Lipinski definition) is 1. The fourth-order valence-corrected chi connectivity index (χ4v) is 2.69. The smallest absolute Gasteiger partial charge is 0.337 e. The van der Waals surface area contributed by atoms with Gasteiger partial charge in [0, 0.05) is 39.1 Å². The molecule has 1 saturated heterocycles. The second kappa shape index (κ2) is 7.02. The maximum atomic E-state index is 11.5. The molecular formula is C16H23NO4. The van der Waals surface area contributed by atoms with Crippen LogP contribution in [0.15, 0.2) is 24.3 Å². The summed E-state index contributed by atoms with van der Waals surface area (Å²) >= 11 is 0. The van der Waals surface area contributed by atoms with Gasteiger partial charge in [-0.25, -0.2) is 4.79 Å². The van der Waals surface area contributed by atoms with E-state index < -0.39 is 5.60 Å². The van der Waals surface area contributed by atoms with Crippen LogP contribution in [0, 0.1) is 0 Å². The van der Waals surface area contributed by atoms with Crippen molar-refractivity contribution in [1.29, 1.82) is 0 Å². The van der Waals surface area contributed by atoms with E-state index in [1.165, 1.54) is 7.11 Å². The zero-order valence-corrected chi connectivity index (χ0v) is 12.7. The molecule has 0 atom stereocenters. The Labute approximate surface area is 125 Å². The largest absolute Gasteiger partial charge is 0.465 e. The Hall–Kier alpha value is -1.43. The van der Waals surface area contributed by atoms with E-state index in [0.29, 0.717) is 44.7 Å². The summed E-state index contributed by atoms with van der Waals surface area (Å²) in [6.45, 7) is 2.50. The molecule has 0 saturated carbocycles. The van der Waals surface area contributed by atoms with Crippen LogP contribution in [0.4, 0.5) is 0 Å². The number of carbonyl (C=O) groups is 1. The van der Waals surface area contributed by atoms with Crippen LogP contribution in [0.3, 0.4) is 0 Å². The van der Waals surface area contributed by atoms with Crippen LogP contribution in [-0.2, 0) is 16.0 Å². The number of methoxy groups -OCH3 is 1. The van der Waals surface area contributed by atoms with Gasteiger partial charge < -0.3 is 14.6 Å². The summed E-state index contributed by atoms with van der Waals surface area (Å²) < 4.78 is 10.0. The summed E-state index contributed by atoms with van der Waals surface area (Å²) in [4.78, 5) is 13.6. The topological polar surface area (TPSA) is 59.0 Å². The third kappa shape index (κ3) is 4.52. The average molecular weight is 293 g/mol. The summed E-state index contributed by atoms with van der Waals surface area (Å²) in [6.07, 6.45) is 1.33. The molecule has 0 radical (unpaired) electrons. The Morgan fingerprint density at radius 1 is 1.43 bits per heavy atom. The second-order valence-corrected chi connectivity index (χ2v) is 5.70. The van der Waals surface area contributed by atoms with Gasteiger partial charge in [-0.3, -0.25) is 4.90 Å². The van der Waals surface area contributed by atoms with Gasteiger partial charge in [0.05, 0.1) is 18.3 Å². The number of nitrogens with zero attached hydrogens (tertiary/aromatic N) is 1. The summed E-state index contributed by atoms with van der Waals surface area (Å²) in [5.74, 6) is -0.331. The molecule has 5 heteroatoms. The standard InChI is InChI=1S/C16H23NO4/c1-17(12-16(19)6-8-21-9-7-16)11-13-4-3-5-14(10-13)15(18)20-2/h3-5,10,19H,6-9,11-12H2,1-2H3. The fraction of sp³-hybridized carbons (Fsp3) is 0.562. The molecule has 1 heterocycles. The monoisotopic (exact) mass is 293 g/mol. The third-order valence-corrected chi connectivity index (χ3v) is 3.79. The first-order valence-corrected chi connectivity index (χ1v) is 7.18. The lowest BCUT2D eigenvalue weighted by Crippen LogP contribution is -2.45. The van der Waals surface area contributed by atoms with Gasteiger partial charge in [0.25, 0.3) is 0 Å². The Morgan fingerprint density at radius 2 is 2.14 bits per heavy atom. The van der Waals surface area contributed by atoms with E-state index in [9.17, 15) is 9.90 Å². The van der Waals surface area contributed by atoms with Crippen molar-refractivity contribution < 1.29 is 19.4 Å². The Kier molecular flexibility index (Phi) is 5.33. The molecule has 0 unspecified atom stereocenters. The predicted octanol–water partition coefficient (Wildman–Crippen LogP) is 1.45. The van der Waals surface area contributed by atoms with Crippen molar-refractivity contribution in [2.75, 3.05) is 33.9 Å². The molecule has 0 amide bonds. The Morgan fingerprint density at radius 3 is 2.81 bits per heavy atom. The van der Waals surface area contributed by atoms with Crippen molar-refractivity contribution >= 4 is 5.97 Å². The van der Waals surface area contributed by atoms with Gasteiger partial charge >= 0.3 is 5.97 Å². The lowest BCUT2D eigenvalue weighted by Gasteiger charge is -2.35. The van der Waals surface area contributed by atoms with Crippen LogP contribution < -0.4 is 0 Å². The van der Waals surface area contributed by atoms with E-state index in [0.717, 1.165) is 5.56 Å². The van der Waals surface area contributed by atoms with Gasteiger partial charge in [-0.1, -0.05) is 12.1 Å². The SMILES string of the molecule is COC(=O)c1cccc(CN(C)CC2(O)CCOCC2)c1. The molecule has 1 aromatic rings. The first-order chi connectivity index (χ1) is 10.0. The number of aliphatic hydroxyl groups is 1. The molecule has 5 nitrogen and oxygen atoms in total. The average Bonchev–Trinajstić information content (AvgIpc) is 2.46. The van der Waals surface area contributed by atoms with E-state index in [2.05, 4.69) is 4.90 Å². The zero-order valence-electron chi connectivity index (χ0n) is 12.7. The molecule has 0 bridgehead atoms. The van der Waals surface area contributed by atoms with Gasteiger partial charge in [-0.15, -0.1) is 0 Å². The van der Waals surface area contributed by atoms with Crippen molar-refractivity contribution in [3.05, 3.63) is 35.4 Å². The third-order valence-electron chi connectivity index (χ3n) is 3.79. The van der Waals surface area contributed by atoms with Crippen LogP contribution in [0.25, 0.3) is 0 Å². The highest BCUT2D eigenvalue weighted by atomic mass is 16.5. The van der Waals surface area contributed by atoms with E-state index in [1.54, 1.807) is 6.07 Å². The van der Waals surface area contributed by atoms with E-state index in [4.69, 9.17) is 9.47 Å². The number of rotatable bonds is 5. The quantitative estimate of drug-likeness (QED) is 0.833. The molecule has 21 heavy (non-hydrogen) atoms. The molecule has 0 aromatic heterocycles. The van der Waals surface area contributed by atoms with Crippen LogP contribution in [0.2, 0.25) is 0 Å². The molecule has 1 aromatic carbocycles. The van der Waals surface area contributed by atoms with Crippen molar-refractivity contribution in [2.24, 2.45) is 0 Å². The first kappa shape index (κ1) is 15.9.